The number of carbonyl (C=O) groups is 1. The van der Waals surface area contributed by atoms with Crippen LogP contribution in [0.15, 0.2) is 24.3 Å². The summed E-state index contributed by atoms with van der Waals surface area (Å²) in [7, 11) is 0. The van der Waals surface area contributed by atoms with Gasteiger partial charge in [0.05, 0.1) is 6.54 Å². The molecule has 4 rings (SSSR count). The third-order valence-corrected chi connectivity index (χ3v) is 6.70. The number of rotatable bonds is 6. The van der Waals surface area contributed by atoms with Crippen LogP contribution in [0.25, 0.3) is 0 Å². The smallest absolute Gasteiger partial charge is 0.238 e. The predicted molar refractivity (Wildman–Crippen MR) is 116 cm³/mol. The molecule has 0 radical (unpaired) electrons. The molecule has 0 unspecified atom stereocenters. The fourth-order valence-corrected chi connectivity index (χ4v) is 5.00. The Bertz CT molecular complexity index is 612. The molecule has 0 aromatic heterocycles. The summed E-state index contributed by atoms with van der Waals surface area (Å²) in [5.74, 6) is 1.02. The second-order valence-electron chi connectivity index (χ2n) is 8.87. The van der Waals surface area contributed by atoms with Crippen LogP contribution in [0.4, 0.5) is 11.4 Å². The van der Waals surface area contributed by atoms with E-state index in [4.69, 9.17) is 0 Å². The average Bonchev–Trinajstić information content (AvgIpc) is 3.26. The average molecular weight is 385 g/mol. The van der Waals surface area contributed by atoms with Gasteiger partial charge in [0.25, 0.3) is 0 Å². The van der Waals surface area contributed by atoms with Gasteiger partial charge in [0, 0.05) is 57.2 Å². The van der Waals surface area contributed by atoms with Gasteiger partial charge in [-0.3, -0.25) is 9.69 Å². The number of amides is 1. The van der Waals surface area contributed by atoms with E-state index in [0.29, 0.717) is 6.54 Å². The third kappa shape index (κ3) is 5.48. The standard InChI is InChI=1S/C23H36N4O/c28-23(24-21-8-10-22(11-9-21)27-12-4-5-13-27)19-26-16-14-25(15-17-26)18-20-6-2-1-3-7-20/h8-11,20H,1-7,12-19H2,(H,24,28). The molecule has 1 saturated carbocycles. The zero-order chi connectivity index (χ0) is 19.2. The van der Waals surface area contributed by atoms with Crippen LogP contribution in [-0.4, -0.2) is 68.1 Å². The number of nitrogens with zero attached hydrogens (tertiary/aromatic N) is 3. The maximum atomic E-state index is 12.4. The highest BCUT2D eigenvalue weighted by Gasteiger charge is 2.22. The van der Waals surface area contributed by atoms with Crippen LogP contribution in [0.1, 0.15) is 44.9 Å². The van der Waals surface area contributed by atoms with Gasteiger partial charge in [0.2, 0.25) is 5.91 Å². The van der Waals surface area contributed by atoms with E-state index in [1.165, 1.54) is 57.2 Å². The normalized spacial score (nSPS) is 22.5. The Hall–Kier alpha value is -1.59. The van der Waals surface area contributed by atoms with Crippen LogP contribution in [0.2, 0.25) is 0 Å². The van der Waals surface area contributed by atoms with E-state index in [0.717, 1.165) is 50.9 Å². The number of benzene rings is 1. The summed E-state index contributed by atoms with van der Waals surface area (Å²) in [6.07, 6.45) is 9.67. The number of hydrogen-bond donors (Lipinski definition) is 1. The number of carbonyl (C=O) groups excluding carboxylic acids is 1. The van der Waals surface area contributed by atoms with E-state index in [-0.39, 0.29) is 5.91 Å². The van der Waals surface area contributed by atoms with Crippen molar-refractivity contribution in [1.82, 2.24) is 9.80 Å². The van der Waals surface area contributed by atoms with Gasteiger partial charge in [0.1, 0.15) is 0 Å². The van der Waals surface area contributed by atoms with Crippen molar-refractivity contribution in [3.05, 3.63) is 24.3 Å². The molecule has 154 valence electrons. The van der Waals surface area contributed by atoms with E-state index in [9.17, 15) is 4.79 Å². The Labute approximate surface area is 170 Å². The molecular weight excluding hydrogens is 348 g/mol. The lowest BCUT2D eigenvalue weighted by atomic mass is 9.89. The lowest BCUT2D eigenvalue weighted by Crippen LogP contribution is -2.49. The van der Waals surface area contributed by atoms with E-state index >= 15 is 0 Å². The van der Waals surface area contributed by atoms with Crippen molar-refractivity contribution in [2.75, 3.05) is 62.6 Å². The minimum atomic E-state index is 0.106. The van der Waals surface area contributed by atoms with Crippen LogP contribution >= 0.6 is 0 Å². The van der Waals surface area contributed by atoms with E-state index in [1.807, 2.05) is 12.1 Å². The molecule has 2 saturated heterocycles. The Balaban J connectivity index is 1.17. The van der Waals surface area contributed by atoms with Gasteiger partial charge in [0.15, 0.2) is 0 Å². The molecule has 5 nitrogen and oxygen atoms in total. The molecule has 1 amide bonds. The Morgan fingerprint density at radius 2 is 1.46 bits per heavy atom. The first-order valence-corrected chi connectivity index (χ1v) is 11.4. The van der Waals surface area contributed by atoms with Crippen LogP contribution in [-0.2, 0) is 4.79 Å². The minimum absolute atomic E-state index is 0.106. The SMILES string of the molecule is O=C(CN1CCN(CC2CCCCC2)CC1)Nc1ccc(N2CCCC2)cc1. The highest BCUT2D eigenvalue weighted by molar-refractivity contribution is 5.92. The monoisotopic (exact) mass is 384 g/mol. The van der Waals surface area contributed by atoms with Gasteiger partial charge in [-0.25, -0.2) is 0 Å². The molecule has 28 heavy (non-hydrogen) atoms. The second kappa shape index (κ2) is 9.75. The molecule has 1 N–H and O–H groups in total. The van der Waals surface area contributed by atoms with Crippen molar-refractivity contribution in [1.29, 1.82) is 0 Å². The van der Waals surface area contributed by atoms with Crippen LogP contribution in [0, 0.1) is 5.92 Å². The van der Waals surface area contributed by atoms with Crippen molar-refractivity contribution in [3.63, 3.8) is 0 Å². The first-order valence-electron chi connectivity index (χ1n) is 11.4. The van der Waals surface area contributed by atoms with E-state index in [1.54, 1.807) is 0 Å². The number of anilines is 2. The molecule has 1 aromatic carbocycles. The molecule has 0 atom stereocenters. The van der Waals surface area contributed by atoms with Gasteiger partial charge in [-0.1, -0.05) is 19.3 Å². The topological polar surface area (TPSA) is 38.8 Å². The molecule has 0 spiro atoms. The maximum Gasteiger partial charge on any atom is 0.238 e. The summed E-state index contributed by atoms with van der Waals surface area (Å²) in [6, 6.07) is 8.33. The van der Waals surface area contributed by atoms with Crippen molar-refractivity contribution in [2.24, 2.45) is 5.92 Å². The second-order valence-corrected chi connectivity index (χ2v) is 8.87. The summed E-state index contributed by atoms with van der Waals surface area (Å²) in [6.45, 7) is 8.30. The Morgan fingerprint density at radius 3 is 2.14 bits per heavy atom. The van der Waals surface area contributed by atoms with Crippen molar-refractivity contribution in [3.8, 4) is 0 Å². The van der Waals surface area contributed by atoms with Crippen molar-refractivity contribution >= 4 is 17.3 Å². The quantitative estimate of drug-likeness (QED) is 0.816. The summed E-state index contributed by atoms with van der Waals surface area (Å²) < 4.78 is 0. The predicted octanol–water partition coefficient (Wildman–Crippen LogP) is 3.42. The fourth-order valence-electron chi connectivity index (χ4n) is 5.00. The lowest BCUT2D eigenvalue weighted by Gasteiger charge is -2.37. The largest absolute Gasteiger partial charge is 0.372 e. The van der Waals surface area contributed by atoms with Gasteiger partial charge >= 0.3 is 0 Å². The van der Waals surface area contributed by atoms with E-state index in [2.05, 4.69) is 32.1 Å². The van der Waals surface area contributed by atoms with Gasteiger partial charge in [-0.15, -0.1) is 0 Å². The number of nitrogens with one attached hydrogen (secondary N) is 1. The first kappa shape index (κ1) is 19.7. The molecule has 3 fully saturated rings. The highest BCUT2D eigenvalue weighted by Crippen LogP contribution is 2.25. The first-order chi connectivity index (χ1) is 13.8. The molecule has 2 aliphatic heterocycles. The zero-order valence-corrected chi connectivity index (χ0v) is 17.2. The van der Waals surface area contributed by atoms with E-state index < -0.39 is 0 Å². The zero-order valence-electron chi connectivity index (χ0n) is 17.2. The number of hydrogen-bond acceptors (Lipinski definition) is 4. The Morgan fingerprint density at radius 1 is 0.821 bits per heavy atom. The molecule has 2 heterocycles. The molecule has 3 aliphatic rings. The lowest BCUT2D eigenvalue weighted by molar-refractivity contribution is -0.117. The van der Waals surface area contributed by atoms with Crippen LogP contribution in [0.5, 0.6) is 0 Å². The third-order valence-electron chi connectivity index (χ3n) is 6.70. The fraction of sp³-hybridized carbons (Fsp3) is 0.696. The van der Waals surface area contributed by atoms with Crippen LogP contribution in [0.3, 0.4) is 0 Å². The van der Waals surface area contributed by atoms with Crippen LogP contribution < -0.4 is 10.2 Å². The molecular formula is C23H36N4O. The molecule has 0 bridgehead atoms. The summed E-state index contributed by atoms with van der Waals surface area (Å²) in [4.78, 5) is 19.8. The minimum Gasteiger partial charge on any atom is -0.372 e. The molecule has 1 aromatic rings. The molecule has 5 heteroatoms. The van der Waals surface area contributed by atoms with Crippen molar-refractivity contribution < 1.29 is 4.79 Å². The summed E-state index contributed by atoms with van der Waals surface area (Å²) in [5.41, 5.74) is 2.17. The Kier molecular flexibility index (Phi) is 6.86. The highest BCUT2D eigenvalue weighted by atomic mass is 16.2. The van der Waals surface area contributed by atoms with Gasteiger partial charge in [-0.2, -0.15) is 0 Å². The number of piperazine rings is 1. The van der Waals surface area contributed by atoms with Gasteiger partial charge < -0.3 is 15.1 Å². The van der Waals surface area contributed by atoms with Gasteiger partial charge in [-0.05, 0) is 55.9 Å². The van der Waals surface area contributed by atoms with Crippen molar-refractivity contribution in [2.45, 2.75) is 44.9 Å². The maximum absolute atomic E-state index is 12.4. The molecule has 1 aliphatic carbocycles. The summed E-state index contributed by atoms with van der Waals surface area (Å²) in [5, 5.41) is 3.07. The summed E-state index contributed by atoms with van der Waals surface area (Å²) >= 11 is 0.